The van der Waals surface area contributed by atoms with Gasteiger partial charge >= 0.3 is 5.97 Å². The van der Waals surface area contributed by atoms with Gasteiger partial charge in [0.15, 0.2) is 0 Å². The van der Waals surface area contributed by atoms with Crippen molar-refractivity contribution < 1.29 is 39.8 Å². The van der Waals surface area contributed by atoms with Crippen LogP contribution >= 0.6 is 0 Å². The van der Waals surface area contributed by atoms with Gasteiger partial charge in [0.05, 0.1) is 24.9 Å². The van der Waals surface area contributed by atoms with E-state index >= 15 is 0 Å². The fourth-order valence-electron chi connectivity index (χ4n) is 4.09. The Balaban J connectivity index is 2.90. The molecule has 8 unspecified atom stereocenters. The number of ether oxygens (including phenoxy) is 2. The van der Waals surface area contributed by atoms with Crippen LogP contribution in [0.2, 0.25) is 0 Å². The number of hydrogen-bond donors (Lipinski definition) is 5. The predicted octanol–water partition coefficient (Wildman–Crippen LogP) is 2.08. The highest BCUT2D eigenvalue weighted by molar-refractivity contribution is 5.76. The molecule has 0 saturated carbocycles. The van der Waals surface area contributed by atoms with Crippen LogP contribution in [-0.2, 0) is 14.3 Å². The van der Waals surface area contributed by atoms with Crippen LogP contribution in [0.15, 0.2) is 12.2 Å². The minimum atomic E-state index is -2.15. The van der Waals surface area contributed by atoms with Gasteiger partial charge in [-0.15, -0.1) is 0 Å². The van der Waals surface area contributed by atoms with Gasteiger partial charge in [-0.25, -0.2) is 4.79 Å². The Labute approximate surface area is 185 Å². The number of carboxylic acids is 1. The Morgan fingerprint density at radius 2 is 1.94 bits per heavy atom. The molecule has 1 saturated heterocycles. The van der Waals surface area contributed by atoms with Crippen LogP contribution in [0.5, 0.6) is 0 Å². The Morgan fingerprint density at radius 3 is 2.45 bits per heavy atom. The van der Waals surface area contributed by atoms with E-state index < -0.39 is 54.8 Å². The van der Waals surface area contributed by atoms with Crippen LogP contribution in [0.3, 0.4) is 0 Å². The van der Waals surface area contributed by atoms with Gasteiger partial charge < -0.3 is 35.0 Å². The van der Waals surface area contributed by atoms with E-state index in [1.54, 1.807) is 13.8 Å². The van der Waals surface area contributed by atoms with Gasteiger partial charge in [-0.3, -0.25) is 0 Å². The number of rotatable bonds is 12. The molecule has 8 nitrogen and oxygen atoms in total. The van der Waals surface area contributed by atoms with E-state index in [0.717, 1.165) is 19.3 Å². The molecule has 0 aromatic heterocycles. The lowest BCUT2D eigenvalue weighted by atomic mass is 9.84. The third-order valence-corrected chi connectivity index (χ3v) is 6.45. The summed E-state index contributed by atoms with van der Waals surface area (Å²) in [6, 6.07) is 0. The lowest BCUT2D eigenvalue weighted by molar-refractivity contribution is -0.330. The summed E-state index contributed by atoms with van der Waals surface area (Å²) in [6.07, 6.45) is 0.737. The molecular weight excluding hydrogens is 404 g/mol. The van der Waals surface area contributed by atoms with Crippen molar-refractivity contribution in [1.29, 1.82) is 0 Å². The van der Waals surface area contributed by atoms with E-state index in [4.69, 9.17) is 14.6 Å². The summed E-state index contributed by atoms with van der Waals surface area (Å²) >= 11 is 0. The normalized spacial score (nSPS) is 31.4. The van der Waals surface area contributed by atoms with E-state index in [2.05, 4.69) is 19.9 Å². The maximum atomic E-state index is 12.1. The van der Waals surface area contributed by atoms with Crippen molar-refractivity contribution >= 4 is 5.97 Å². The molecule has 31 heavy (non-hydrogen) atoms. The van der Waals surface area contributed by atoms with Crippen molar-refractivity contribution in [3.63, 3.8) is 0 Å². The summed E-state index contributed by atoms with van der Waals surface area (Å²) in [5.41, 5.74) is 0.0878. The second kappa shape index (κ2) is 11.7. The zero-order valence-electron chi connectivity index (χ0n) is 19.7. The number of aliphatic hydroxyl groups is 4. The van der Waals surface area contributed by atoms with Crippen molar-refractivity contribution in [3.8, 4) is 0 Å². The smallest absolute Gasteiger partial charge is 0.364 e. The lowest BCUT2D eigenvalue weighted by Gasteiger charge is -2.46. The number of carboxylic acid groups (broad SMARTS) is 1. The molecule has 0 radical (unpaired) electrons. The van der Waals surface area contributed by atoms with Crippen molar-refractivity contribution in [3.05, 3.63) is 12.2 Å². The Hall–Kier alpha value is -1.03. The topological polar surface area (TPSA) is 137 Å². The average Bonchev–Trinajstić information content (AvgIpc) is 2.68. The minimum Gasteiger partial charge on any atom is -0.477 e. The molecule has 1 heterocycles. The molecule has 1 aliphatic rings. The van der Waals surface area contributed by atoms with E-state index in [1.165, 1.54) is 0 Å². The zero-order valence-corrected chi connectivity index (χ0v) is 19.7. The first kappa shape index (κ1) is 28.0. The van der Waals surface area contributed by atoms with Crippen molar-refractivity contribution in [1.82, 2.24) is 0 Å². The van der Waals surface area contributed by atoms with Crippen LogP contribution in [0.25, 0.3) is 0 Å². The molecule has 8 heteroatoms. The van der Waals surface area contributed by atoms with Gasteiger partial charge in [0, 0.05) is 12.3 Å². The molecule has 0 amide bonds. The summed E-state index contributed by atoms with van der Waals surface area (Å²) < 4.78 is 11.6. The van der Waals surface area contributed by atoms with Crippen molar-refractivity contribution in [2.24, 2.45) is 17.3 Å². The molecule has 0 aromatic carbocycles. The number of hydrogen-bond acceptors (Lipinski definition) is 7. The Bertz CT molecular complexity index is 592. The molecule has 1 rings (SSSR count). The summed E-state index contributed by atoms with van der Waals surface area (Å²) in [6.45, 7) is 11.0. The first-order valence-electron chi connectivity index (χ1n) is 11.2. The fraction of sp³-hybridized carbons (Fsp3) is 0.870. The quantitative estimate of drug-likeness (QED) is 0.287. The summed E-state index contributed by atoms with van der Waals surface area (Å²) in [5.74, 6) is -4.18. The molecular formula is C23H42O8. The molecule has 0 bridgehead atoms. The van der Waals surface area contributed by atoms with E-state index in [9.17, 15) is 25.2 Å². The fourth-order valence-corrected chi connectivity index (χ4v) is 4.09. The molecule has 0 spiro atoms. The second-order valence-corrected chi connectivity index (χ2v) is 9.69. The molecule has 0 aromatic rings. The van der Waals surface area contributed by atoms with E-state index in [0.29, 0.717) is 0 Å². The first-order valence-corrected chi connectivity index (χ1v) is 11.2. The van der Waals surface area contributed by atoms with E-state index in [1.807, 2.05) is 19.9 Å². The largest absolute Gasteiger partial charge is 0.477 e. The monoisotopic (exact) mass is 446 g/mol. The third-order valence-electron chi connectivity index (χ3n) is 6.45. The maximum absolute atomic E-state index is 12.1. The number of aliphatic carboxylic acids is 1. The zero-order chi connectivity index (χ0) is 24.0. The highest BCUT2D eigenvalue weighted by atomic mass is 16.7. The van der Waals surface area contributed by atoms with Crippen molar-refractivity contribution in [2.75, 3.05) is 6.61 Å². The Kier molecular flexibility index (Phi) is 10.6. The van der Waals surface area contributed by atoms with Gasteiger partial charge in [0.25, 0.3) is 5.79 Å². The molecule has 8 atom stereocenters. The molecule has 1 fully saturated rings. The van der Waals surface area contributed by atoms with Gasteiger partial charge in [-0.2, -0.15) is 0 Å². The van der Waals surface area contributed by atoms with Crippen LogP contribution in [-0.4, -0.2) is 74.4 Å². The number of aliphatic hydroxyl groups excluding tert-OH is 4. The Morgan fingerprint density at radius 1 is 1.32 bits per heavy atom. The average molecular weight is 447 g/mol. The summed E-state index contributed by atoms with van der Waals surface area (Å²) in [5, 5.41) is 49.7. The van der Waals surface area contributed by atoms with Crippen LogP contribution < -0.4 is 0 Å². The van der Waals surface area contributed by atoms with Crippen molar-refractivity contribution in [2.45, 2.75) is 104 Å². The maximum Gasteiger partial charge on any atom is 0.364 e. The summed E-state index contributed by atoms with van der Waals surface area (Å²) in [7, 11) is 0. The highest BCUT2D eigenvalue weighted by Gasteiger charge is 2.55. The van der Waals surface area contributed by atoms with Crippen LogP contribution in [0, 0.1) is 17.3 Å². The SMILES string of the molecule is C/C=C\C(C)(C)CCCC(C)C(C)OC1(C(=O)O)CC(O)C(C)C(C(O)C(O)CO)O1. The molecule has 182 valence electrons. The minimum absolute atomic E-state index is 0.0316. The van der Waals surface area contributed by atoms with Gasteiger partial charge in [-0.1, -0.05) is 46.3 Å². The van der Waals surface area contributed by atoms with Crippen LogP contribution in [0.4, 0.5) is 0 Å². The third kappa shape index (κ3) is 7.51. The van der Waals surface area contributed by atoms with Gasteiger partial charge in [-0.05, 0) is 38.0 Å². The molecule has 0 aliphatic carbocycles. The standard InChI is InChI=1S/C23H42O8/c1-7-10-22(5,6)11-8-9-14(2)16(4)30-23(21(28)29)12-17(25)15(3)20(31-23)19(27)18(26)13-24/h7,10,14-20,24-27H,8-9,11-13H2,1-6H3,(H,28,29)/b10-7-. The molecule has 5 N–H and O–H groups in total. The molecule has 1 aliphatic heterocycles. The van der Waals surface area contributed by atoms with Gasteiger partial charge in [0.1, 0.15) is 12.2 Å². The first-order chi connectivity index (χ1) is 14.3. The highest BCUT2D eigenvalue weighted by Crippen LogP contribution is 2.38. The predicted molar refractivity (Wildman–Crippen MR) is 116 cm³/mol. The van der Waals surface area contributed by atoms with Gasteiger partial charge in [0.2, 0.25) is 0 Å². The van der Waals surface area contributed by atoms with E-state index in [-0.39, 0.29) is 17.8 Å². The lowest BCUT2D eigenvalue weighted by Crippen LogP contribution is -2.62. The van der Waals surface area contributed by atoms with Crippen LogP contribution in [0.1, 0.15) is 67.2 Å². The summed E-state index contributed by atoms with van der Waals surface area (Å²) in [4.78, 5) is 12.1. The second-order valence-electron chi connectivity index (χ2n) is 9.69. The number of carbonyl (C=O) groups is 1. The number of allylic oxidation sites excluding steroid dienone is 2.